The molecule has 0 saturated heterocycles. The molecule has 15 heavy (non-hydrogen) atoms. The molecular formula is C13H16N2. The van der Waals surface area contributed by atoms with Crippen LogP contribution in [0.4, 0.5) is 5.69 Å². The summed E-state index contributed by atoms with van der Waals surface area (Å²) in [5, 5.41) is 4.64. The molecule has 0 amide bonds. The van der Waals surface area contributed by atoms with Crippen molar-refractivity contribution in [2.75, 3.05) is 11.9 Å². The molecule has 0 atom stereocenters. The molecule has 0 radical (unpaired) electrons. The second-order valence-electron chi connectivity index (χ2n) is 4.15. The molecule has 0 fully saturated rings. The number of nitrogens with zero attached hydrogens (tertiary/aromatic N) is 1. The summed E-state index contributed by atoms with van der Waals surface area (Å²) in [6, 6.07) is 10.2. The van der Waals surface area contributed by atoms with Crippen molar-refractivity contribution < 1.29 is 0 Å². The number of pyridine rings is 1. The number of anilines is 1. The van der Waals surface area contributed by atoms with Gasteiger partial charge in [0.1, 0.15) is 0 Å². The van der Waals surface area contributed by atoms with Gasteiger partial charge >= 0.3 is 0 Å². The summed E-state index contributed by atoms with van der Waals surface area (Å²) in [5.74, 6) is 0.650. The molecule has 2 aromatic rings. The maximum atomic E-state index is 4.33. The number of rotatable bonds is 3. The van der Waals surface area contributed by atoms with E-state index in [4.69, 9.17) is 0 Å². The Hall–Kier alpha value is -1.57. The van der Waals surface area contributed by atoms with Crippen LogP contribution in [0.15, 0.2) is 36.5 Å². The smallest absolute Gasteiger partial charge is 0.0722 e. The number of hydrogen-bond donors (Lipinski definition) is 1. The van der Waals surface area contributed by atoms with Crippen molar-refractivity contribution in [2.45, 2.75) is 13.8 Å². The molecule has 0 spiro atoms. The van der Waals surface area contributed by atoms with E-state index in [0.717, 1.165) is 12.1 Å². The second-order valence-corrected chi connectivity index (χ2v) is 4.15. The van der Waals surface area contributed by atoms with Crippen molar-refractivity contribution in [2.24, 2.45) is 5.92 Å². The van der Waals surface area contributed by atoms with Crippen LogP contribution in [-0.4, -0.2) is 11.5 Å². The molecule has 2 nitrogen and oxygen atoms in total. The molecule has 0 aliphatic heterocycles. The third-order valence-electron chi connectivity index (χ3n) is 2.35. The first-order chi connectivity index (χ1) is 7.27. The van der Waals surface area contributed by atoms with Gasteiger partial charge < -0.3 is 5.32 Å². The monoisotopic (exact) mass is 200 g/mol. The number of fused-ring (bicyclic) bond motifs is 1. The van der Waals surface area contributed by atoms with Crippen LogP contribution in [0.1, 0.15) is 13.8 Å². The topological polar surface area (TPSA) is 24.9 Å². The molecule has 78 valence electrons. The fourth-order valence-electron chi connectivity index (χ4n) is 1.56. The molecule has 1 heterocycles. The minimum Gasteiger partial charge on any atom is -0.384 e. The highest BCUT2D eigenvalue weighted by atomic mass is 14.9. The zero-order valence-corrected chi connectivity index (χ0v) is 9.20. The molecule has 0 unspecified atom stereocenters. The number of para-hydroxylation sites is 1. The van der Waals surface area contributed by atoms with Crippen molar-refractivity contribution in [1.29, 1.82) is 0 Å². The predicted octanol–water partition coefficient (Wildman–Crippen LogP) is 3.30. The summed E-state index contributed by atoms with van der Waals surface area (Å²) in [6.45, 7) is 5.40. The lowest BCUT2D eigenvalue weighted by atomic mass is 10.1. The summed E-state index contributed by atoms with van der Waals surface area (Å²) in [7, 11) is 0. The lowest BCUT2D eigenvalue weighted by Gasteiger charge is -2.10. The fraction of sp³-hybridized carbons (Fsp3) is 0.308. The first-order valence-corrected chi connectivity index (χ1v) is 5.35. The van der Waals surface area contributed by atoms with Crippen molar-refractivity contribution in [3.8, 4) is 0 Å². The Morgan fingerprint density at radius 3 is 2.80 bits per heavy atom. The SMILES string of the molecule is CC(C)CNc1ccnc2ccccc12. The Bertz CT molecular complexity index is 444. The molecule has 2 rings (SSSR count). The van der Waals surface area contributed by atoms with Gasteiger partial charge in [0.15, 0.2) is 0 Å². The summed E-state index contributed by atoms with van der Waals surface area (Å²) in [4.78, 5) is 4.33. The summed E-state index contributed by atoms with van der Waals surface area (Å²) < 4.78 is 0. The largest absolute Gasteiger partial charge is 0.384 e. The normalized spacial score (nSPS) is 10.9. The zero-order valence-electron chi connectivity index (χ0n) is 9.20. The van der Waals surface area contributed by atoms with Gasteiger partial charge in [-0.3, -0.25) is 4.98 Å². The number of aromatic nitrogens is 1. The van der Waals surface area contributed by atoms with Crippen molar-refractivity contribution in [1.82, 2.24) is 4.98 Å². The van der Waals surface area contributed by atoms with E-state index in [0.29, 0.717) is 5.92 Å². The van der Waals surface area contributed by atoms with Crippen LogP contribution < -0.4 is 5.32 Å². The van der Waals surface area contributed by atoms with Crippen molar-refractivity contribution >= 4 is 16.6 Å². The Kier molecular flexibility index (Phi) is 2.86. The molecule has 2 heteroatoms. The minimum absolute atomic E-state index is 0.650. The highest BCUT2D eigenvalue weighted by molar-refractivity contribution is 5.90. The molecule has 0 saturated carbocycles. The van der Waals surface area contributed by atoms with Gasteiger partial charge in [0.25, 0.3) is 0 Å². The molecule has 0 bridgehead atoms. The lowest BCUT2D eigenvalue weighted by Crippen LogP contribution is -2.08. The summed E-state index contributed by atoms with van der Waals surface area (Å²) >= 11 is 0. The van der Waals surface area contributed by atoms with Gasteiger partial charge in [0, 0.05) is 23.8 Å². The van der Waals surface area contributed by atoms with Crippen LogP contribution in [0.3, 0.4) is 0 Å². The standard InChI is InChI=1S/C13H16N2/c1-10(2)9-15-13-7-8-14-12-6-4-3-5-11(12)13/h3-8,10H,9H2,1-2H3,(H,14,15). The van der Waals surface area contributed by atoms with Crippen LogP contribution in [0.5, 0.6) is 0 Å². The van der Waals surface area contributed by atoms with Gasteiger partial charge in [-0.2, -0.15) is 0 Å². The number of nitrogens with one attached hydrogen (secondary N) is 1. The fourth-order valence-corrected chi connectivity index (χ4v) is 1.56. The first-order valence-electron chi connectivity index (χ1n) is 5.35. The quantitative estimate of drug-likeness (QED) is 0.822. The van der Waals surface area contributed by atoms with Crippen molar-refractivity contribution in [3.05, 3.63) is 36.5 Å². The lowest BCUT2D eigenvalue weighted by molar-refractivity contribution is 0.689. The van der Waals surface area contributed by atoms with Gasteiger partial charge in [0.2, 0.25) is 0 Å². The van der Waals surface area contributed by atoms with E-state index in [1.807, 2.05) is 30.5 Å². The third-order valence-corrected chi connectivity index (χ3v) is 2.35. The van der Waals surface area contributed by atoms with E-state index in [1.165, 1.54) is 11.1 Å². The van der Waals surface area contributed by atoms with Crippen LogP contribution in [-0.2, 0) is 0 Å². The third kappa shape index (κ3) is 2.27. The maximum absolute atomic E-state index is 4.33. The van der Waals surface area contributed by atoms with Crippen LogP contribution in [0.25, 0.3) is 10.9 Å². The van der Waals surface area contributed by atoms with E-state index in [-0.39, 0.29) is 0 Å². The average molecular weight is 200 g/mol. The highest BCUT2D eigenvalue weighted by Gasteiger charge is 2.00. The number of benzene rings is 1. The van der Waals surface area contributed by atoms with E-state index in [2.05, 4.69) is 30.2 Å². The van der Waals surface area contributed by atoms with Gasteiger partial charge in [0.05, 0.1) is 5.52 Å². The van der Waals surface area contributed by atoms with E-state index in [1.54, 1.807) is 0 Å². The van der Waals surface area contributed by atoms with Gasteiger partial charge in [-0.1, -0.05) is 32.0 Å². The van der Waals surface area contributed by atoms with Gasteiger partial charge in [-0.25, -0.2) is 0 Å². The number of hydrogen-bond acceptors (Lipinski definition) is 2. The average Bonchev–Trinajstić information content (AvgIpc) is 2.26. The molecule has 1 N–H and O–H groups in total. The first kappa shape index (κ1) is 9.97. The Labute approximate surface area is 90.3 Å². The van der Waals surface area contributed by atoms with E-state index < -0.39 is 0 Å². The Morgan fingerprint density at radius 1 is 1.20 bits per heavy atom. The molecule has 0 aliphatic rings. The second kappa shape index (κ2) is 4.30. The molecule has 0 aliphatic carbocycles. The zero-order chi connectivity index (χ0) is 10.7. The van der Waals surface area contributed by atoms with E-state index in [9.17, 15) is 0 Å². The van der Waals surface area contributed by atoms with Gasteiger partial charge in [-0.15, -0.1) is 0 Å². The van der Waals surface area contributed by atoms with E-state index >= 15 is 0 Å². The Balaban J connectivity index is 2.34. The molecule has 1 aromatic heterocycles. The molecular weight excluding hydrogens is 184 g/mol. The Morgan fingerprint density at radius 2 is 2.00 bits per heavy atom. The highest BCUT2D eigenvalue weighted by Crippen LogP contribution is 2.20. The van der Waals surface area contributed by atoms with Crippen LogP contribution in [0, 0.1) is 5.92 Å². The summed E-state index contributed by atoms with van der Waals surface area (Å²) in [6.07, 6.45) is 1.85. The predicted molar refractivity (Wildman–Crippen MR) is 65.1 cm³/mol. The minimum atomic E-state index is 0.650. The van der Waals surface area contributed by atoms with Gasteiger partial charge in [-0.05, 0) is 18.1 Å². The van der Waals surface area contributed by atoms with Crippen LogP contribution in [0.2, 0.25) is 0 Å². The maximum Gasteiger partial charge on any atom is 0.0722 e. The van der Waals surface area contributed by atoms with Crippen molar-refractivity contribution in [3.63, 3.8) is 0 Å². The van der Waals surface area contributed by atoms with Crippen LogP contribution >= 0.6 is 0 Å². The summed E-state index contributed by atoms with van der Waals surface area (Å²) in [5.41, 5.74) is 2.22. The molecule has 1 aromatic carbocycles.